The van der Waals surface area contributed by atoms with E-state index in [1.54, 1.807) is 0 Å². The fourth-order valence-electron chi connectivity index (χ4n) is 2.91. The van der Waals surface area contributed by atoms with Crippen LogP contribution < -0.4 is 5.73 Å². The van der Waals surface area contributed by atoms with Crippen molar-refractivity contribution in [2.75, 3.05) is 32.7 Å². The van der Waals surface area contributed by atoms with E-state index in [0.717, 1.165) is 38.0 Å². The molecule has 2 aliphatic rings. The van der Waals surface area contributed by atoms with Gasteiger partial charge >= 0.3 is 0 Å². The number of nitrogens with two attached hydrogens (primary N) is 1. The highest BCUT2D eigenvalue weighted by atomic mass is 16.2. The summed E-state index contributed by atoms with van der Waals surface area (Å²) in [6, 6.07) is 0.240. The van der Waals surface area contributed by atoms with Gasteiger partial charge in [0, 0.05) is 45.2 Å². The van der Waals surface area contributed by atoms with Crippen LogP contribution in [0.5, 0.6) is 0 Å². The van der Waals surface area contributed by atoms with Gasteiger partial charge in [0.15, 0.2) is 0 Å². The Labute approximate surface area is 123 Å². The molecule has 0 aromatic heterocycles. The first-order chi connectivity index (χ1) is 9.67. The molecule has 0 heterocycles. The molecule has 116 valence electrons. The topological polar surface area (TPSA) is 49.6 Å². The lowest BCUT2D eigenvalue weighted by Gasteiger charge is -2.32. The van der Waals surface area contributed by atoms with E-state index in [9.17, 15) is 4.79 Å². The number of nitrogens with zero attached hydrogens (tertiary/aromatic N) is 2. The van der Waals surface area contributed by atoms with Crippen molar-refractivity contribution in [3.05, 3.63) is 0 Å². The molecular formula is C16H31N3O. The summed E-state index contributed by atoms with van der Waals surface area (Å²) in [6.45, 7) is 8.62. The Morgan fingerprint density at radius 3 is 1.95 bits per heavy atom. The Hall–Kier alpha value is -0.610. The summed E-state index contributed by atoms with van der Waals surface area (Å²) in [5.74, 6) is 2.00. The van der Waals surface area contributed by atoms with Crippen LogP contribution in [0.1, 0.15) is 46.0 Å². The van der Waals surface area contributed by atoms with Crippen molar-refractivity contribution < 1.29 is 4.79 Å². The summed E-state index contributed by atoms with van der Waals surface area (Å²) in [5.41, 5.74) is 5.98. The van der Waals surface area contributed by atoms with Crippen LogP contribution in [0.25, 0.3) is 0 Å². The largest absolute Gasteiger partial charge is 0.343 e. The normalized spacial score (nSPS) is 20.2. The SMILES string of the molecule is CCN(CC)C(=O)CC(CN)N(CC1CC1)CC1CC1. The molecule has 1 unspecified atom stereocenters. The fraction of sp³-hybridized carbons (Fsp3) is 0.938. The lowest BCUT2D eigenvalue weighted by atomic mass is 10.1. The Kier molecular flexibility index (Phi) is 5.85. The summed E-state index contributed by atoms with van der Waals surface area (Å²) in [5, 5.41) is 0. The lowest BCUT2D eigenvalue weighted by molar-refractivity contribution is -0.132. The summed E-state index contributed by atoms with van der Waals surface area (Å²) in [4.78, 5) is 16.8. The van der Waals surface area contributed by atoms with Crippen LogP contribution in [-0.2, 0) is 4.79 Å². The fourth-order valence-corrected chi connectivity index (χ4v) is 2.91. The highest BCUT2D eigenvalue weighted by Gasteiger charge is 2.33. The number of hydrogen-bond donors (Lipinski definition) is 1. The van der Waals surface area contributed by atoms with E-state index < -0.39 is 0 Å². The van der Waals surface area contributed by atoms with Gasteiger partial charge in [0.2, 0.25) is 5.91 Å². The quantitative estimate of drug-likeness (QED) is 0.663. The maximum atomic E-state index is 12.3. The number of rotatable bonds is 10. The molecule has 4 nitrogen and oxygen atoms in total. The zero-order chi connectivity index (χ0) is 14.5. The van der Waals surface area contributed by atoms with E-state index in [1.807, 2.05) is 18.7 Å². The molecule has 2 fully saturated rings. The van der Waals surface area contributed by atoms with Crippen LogP contribution in [0.2, 0.25) is 0 Å². The first-order valence-corrected chi connectivity index (χ1v) is 8.39. The molecule has 1 atom stereocenters. The van der Waals surface area contributed by atoms with Crippen LogP contribution in [-0.4, -0.2) is 54.5 Å². The van der Waals surface area contributed by atoms with E-state index in [-0.39, 0.29) is 11.9 Å². The van der Waals surface area contributed by atoms with E-state index in [4.69, 9.17) is 5.73 Å². The zero-order valence-corrected chi connectivity index (χ0v) is 13.2. The maximum Gasteiger partial charge on any atom is 0.224 e. The third-order valence-electron chi connectivity index (χ3n) is 4.69. The van der Waals surface area contributed by atoms with E-state index in [2.05, 4.69) is 4.90 Å². The smallest absolute Gasteiger partial charge is 0.224 e. The Morgan fingerprint density at radius 2 is 1.60 bits per heavy atom. The molecular weight excluding hydrogens is 250 g/mol. The molecule has 0 bridgehead atoms. The molecule has 20 heavy (non-hydrogen) atoms. The molecule has 0 aliphatic heterocycles. The second-order valence-corrected chi connectivity index (χ2v) is 6.50. The van der Waals surface area contributed by atoms with E-state index in [0.29, 0.717) is 13.0 Å². The molecule has 0 spiro atoms. The Bertz CT molecular complexity index is 295. The standard InChI is InChI=1S/C16H31N3O/c1-3-18(4-2)16(20)9-15(10-17)19(11-13-5-6-13)12-14-7-8-14/h13-15H,3-12,17H2,1-2H3. The molecule has 2 N–H and O–H groups in total. The minimum atomic E-state index is 0.240. The van der Waals surface area contributed by atoms with Crippen molar-refractivity contribution in [1.29, 1.82) is 0 Å². The highest BCUT2D eigenvalue weighted by Crippen LogP contribution is 2.34. The lowest BCUT2D eigenvalue weighted by Crippen LogP contribution is -2.46. The van der Waals surface area contributed by atoms with Crippen LogP contribution in [0.4, 0.5) is 0 Å². The summed E-state index contributed by atoms with van der Waals surface area (Å²) in [6.07, 6.45) is 6.05. The first kappa shape index (κ1) is 15.8. The third-order valence-corrected chi connectivity index (χ3v) is 4.69. The van der Waals surface area contributed by atoms with Crippen molar-refractivity contribution in [2.24, 2.45) is 17.6 Å². The van der Waals surface area contributed by atoms with Crippen molar-refractivity contribution in [2.45, 2.75) is 52.0 Å². The van der Waals surface area contributed by atoms with Crippen molar-refractivity contribution in [3.63, 3.8) is 0 Å². The molecule has 0 aromatic carbocycles. The van der Waals surface area contributed by atoms with Gasteiger partial charge in [-0.3, -0.25) is 9.69 Å². The molecule has 1 amide bonds. The average molecular weight is 281 g/mol. The van der Waals surface area contributed by atoms with Gasteiger partial charge in [-0.2, -0.15) is 0 Å². The summed E-state index contributed by atoms with van der Waals surface area (Å²) >= 11 is 0. The molecule has 0 aromatic rings. The minimum Gasteiger partial charge on any atom is -0.343 e. The van der Waals surface area contributed by atoms with E-state index >= 15 is 0 Å². The van der Waals surface area contributed by atoms with Crippen LogP contribution in [0, 0.1) is 11.8 Å². The van der Waals surface area contributed by atoms with Crippen molar-refractivity contribution >= 4 is 5.91 Å². The highest BCUT2D eigenvalue weighted by molar-refractivity contribution is 5.76. The van der Waals surface area contributed by atoms with Gasteiger partial charge in [0.25, 0.3) is 0 Å². The molecule has 4 heteroatoms. The summed E-state index contributed by atoms with van der Waals surface area (Å²) < 4.78 is 0. The second kappa shape index (κ2) is 7.41. The number of carbonyl (C=O) groups is 1. The van der Waals surface area contributed by atoms with Crippen LogP contribution in [0.15, 0.2) is 0 Å². The number of carbonyl (C=O) groups excluding carboxylic acids is 1. The number of amides is 1. The molecule has 0 saturated heterocycles. The molecule has 2 rings (SSSR count). The monoisotopic (exact) mass is 281 g/mol. The van der Waals surface area contributed by atoms with Crippen LogP contribution in [0.3, 0.4) is 0 Å². The average Bonchev–Trinajstić information content (AvgIpc) is 3.32. The van der Waals surface area contributed by atoms with Gasteiger partial charge in [0.05, 0.1) is 0 Å². The second-order valence-electron chi connectivity index (χ2n) is 6.50. The van der Waals surface area contributed by atoms with E-state index in [1.165, 1.54) is 25.7 Å². The summed E-state index contributed by atoms with van der Waals surface area (Å²) in [7, 11) is 0. The van der Waals surface area contributed by atoms with Crippen LogP contribution >= 0.6 is 0 Å². The maximum absolute atomic E-state index is 12.3. The van der Waals surface area contributed by atoms with Gasteiger partial charge in [-0.1, -0.05) is 0 Å². The van der Waals surface area contributed by atoms with Gasteiger partial charge in [0.1, 0.15) is 0 Å². The number of hydrogen-bond acceptors (Lipinski definition) is 3. The first-order valence-electron chi connectivity index (χ1n) is 8.39. The van der Waals surface area contributed by atoms with Gasteiger partial charge < -0.3 is 10.6 Å². The van der Waals surface area contributed by atoms with Crippen molar-refractivity contribution in [1.82, 2.24) is 9.80 Å². The minimum absolute atomic E-state index is 0.240. The Balaban J connectivity index is 1.89. The predicted molar refractivity (Wildman–Crippen MR) is 82.4 cm³/mol. The van der Waals surface area contributed by atoms with Gasteiger partial charge in [-0.25, -0.2) is 0 Å². The van der Waals surface area contributed by atoms with Crippen molar-refractivity contribution in [3.8, 4) is 0 Å². The van der Waals surface area contributed by atoms with Gasteiger partial charge in [-0.15, -0.1) is 0 Å². The third kappa shape index (κ3) is 4.74. The molecule has 2 saturated carbocycles. The molecule has 0 radical (unpaired) electrons. The molecule has 2 aliphatic carbocycles. The Morgan fingerprint density at radius 1 is 1.10 bits per heavy atom. The predicted octanol–water partition coefficient (Wildman–Crippen LogP) is 1.69. The zero-order valence-electron chi connectivity index (χ0n) is 13.2. The van der Waals surface area contributed by atoms with Gasteiger partial charge in [-0.05, 0) is 51.4 Å².